The van der Waals surface area contributed by atoms with E-state index >= 15 is 0 Å². The van der Waals surface area contributed by atoms with E-state index in [9.17, 15) is 0 Å². The van der Waals surface area contributed by atoms with Gasteiger partial charge in [0.05, 0.1) is 18.1 Å². The van der Waals surface area contributed by atoms with Crippen LogP contribution in [0.15, 0.2) is 10.3 Å². The molecule has 1 atom stereocenters. The number of hydrogen-bond donors (Lipinski definition) is 0. The number of hydrogen-bond acceptors (Lipinski definition) is 7. The number of thiophene rings is 1. The van der Waals surface area contributed by atoms with Crippen LogP contribution in [-0.4, -0.2) is 37.7 Å². The summed E-state index contributed by atoms with van der Waals surface area (Å²) in [5, 5.41) is 12.3. The summed E-state index contributed by atoms with van der Waals surface area (Å²) in [5.74, 6) is 1.58. The number of ether oxygens (including phenoxy) is 1. The van der Waals surface area contributed by atoms with Crippen LogP contribution in [-0.2, 0) is 17.8 Å². The van der Waals surface area contributed by atoms with Gasteiger partial charge in [0.15, 0.2) is 16.0 Å². The van der Waals surface area contributed by atoms with Crippen LogP contribution in [0.1, 0.15) is 50.5 Å². The summed E-state index contributed by atoms with van der Waals surface area (Å²) < 4.78 is 8.24. The van der Waals surface area contributed by atoms with Crippen LogP contribution in [0.5, 0.6) is 0 Å². The first kappa shape index (κ1) is 19.5. The predicted octanol–water partition coefficient (Wildman–Crippen LogP) is 5.44. The molecular weight excluding hydrogens is 396 g/mol. The molecular formula is C19H26N4OS3. The molecule has 5 nitrogen and oxygen atoms in total. The zero-order valence-corrected chi connectivity index (χ0v) is 18.8. The Morgan fingerprint density at radius 1 is 1.26 bits per heavy atom. The van der Waals surface area contributed by atoms with Crippen molar-refractivity contribution in [3.05, 3.63) is 10.4 Å². The fraction of sp³-hybridized carbons (Fsp3) is 0.632. The van der Waals surface area contributed by atoms with Gasteiger partial charge in [0.1, 0.15) is 4.83 Å². The number of fused-ring (bicyclic) bond motifs is 5. The van der Waals surface area contributed by atoms with Gasteiger partial charge in [-0.15, -0.1) is 21.5 Å². The Hall–Kier alpha value is -0.830. The normalized spacial score (nSPS) is 17.3. The molecule has 0 N–H and O–H groups in total. The molecule has 0 saturated carbocycles. The molecule has 8 heteroatoms. The minimum Gasteiger partial charge on any atom is -0.372 e. The highest BCUT2D eigenvalue weighted by atomic mass is 32.2. The third kappa shape index (κ3) is 3.61. The van der Waals surface area contributed by atoms with E-state index in [0.717, 1.165) is 33.0 Å². The van der Waals surface area contributed by atoms with Crippen molar-refractivity contribution in [1.29, 1.82) is 0 Å². The largest absolute Gasteiger partial charge is 0.372 e. The Morgan fingerprint density at radius 2 is 2.11 bits per heavy atom. The lowest BCUT2D eigenvalue weighted by Gasteiger charge is -2.26. The monoisotopic (exact) mass is 422 g/mol. The molecule has 1 aliphatic heterocycles. The molecule has 1 unspecified atom stereocenters. The summed E-state index contributed by atoms with van der Waals surface area (Å²) in [5.41, 5.74) is 2.34. The highest BCUT2D eigenvalue weighted by Gasteiger charge is 2.28. The standard InChI is InChI=1S/C19H26N4OS3/c1-5-6-7-8-26-19-22-21-16-15-12-9-13(11(2)3)24-10-14(12)27-17(15)20-18(25-4)23(16)19/h11,13H,5-10H2,1-4H3. The first-order valence-electron chi connectivity index (χ1n) is 9.61. The van der Waals surface area contributed by atoms with E-state index in [1.165, 1.54) is 35.1 Å². The van der Waals surface area contributed by atoms with E-state index in [1.807, 2.05) is 0 Å². The van der Waals surface area contributed by atoms with E-state index in [0.29, 0.717) is 12.5 Å². The summed E-state index contributed by atoms with van der Waals surface area (Å²) >= 11 is 5.21. The number of thioether (sulfide) groups is 2. The molecule has 146 valence electrons. The molecule has 0 amide bonds. The maximum Gasteiger partial charge on any atom is 0.197 e. The Morgan fingerprint density at radius 3 is 2.85 bits per heavy atom. The smallest absolute Gasteiger partial charge is 0.197 e. The van der Waals surface area contributed by atoms with Crippen molar-refractivity contribution in [3.63, 3.8) is 0 Å². The Kier molecular flexibility index (Phi) is 5.97. The van der Waals surface area contributed by atoms with Crippen molar-refractivity contribution in [1.82, 2.24) is 19.6 Å². The summed E-state index contributed by atoms with van der Waals surface area (Å²) in [6, 6.07) is 0. The highest BCUT2D eigenvalue weighted by molar-refractivity contribution is 7.99. The first-order valence-corrected chi connectivity index (χ1v) is 12.6. The maximum atomic E-state index is 6.08. The fourth-order valence-corrected chi connectivity index (χ4v) is 6.20. The maximum absolute atomic E-state index is 6.08. The molecule has 4 heterocycles. The van der Waals surface area contributed by atoms with E-state index in [2.05, 4.69) is 41.6 Å². The lowest BCUT2D eigenvalue weighted by Crippen LogP contribution is -2.26. The quantitative estimate of drug-likeness (QED) is 0.287. The van der Waals surface area contributed by atoms with E-state index in [4.69, 9.17) is 9.72 Å². The molecule has 0 bridgehead atoms. The summed E-state index contributed by atoms with van der Waals surface area (Å²) in [6.45, 7) is 7.38. The Balaban J connectivity index is 1.80. The van der Waals surface area contributed by atoms with Gasteiger partial charge in [-0.3, -0.25) is 0 Å². The molecule has 0 fully saturated rings. The zero-order valence-electron chi connectivity index (χ0n) is 16.3. The molecule has 0 saturated heterocycles. The van der Waals surface area contributed by atoms with Crippen LogP contribution < -0.4 is 0 Å². The van der Waals surface area contributed by atoms with Crippen molar-refractivity contribution in [2.45, 2.75) is 69.5 Å². The summed E-state index contributed by atoms with van der Waals surface area (Å²) in [4.78, 5) is 7.34. The van der Waals surface area contributed by atoms with Crippen LogP contribution in [0.25, 0.3) is 15.9 Å². The Labute approximate surface area is 172 Å². The second-order valence-electron chi connectivity index (χ2n) is 7.28. The van der Waals surface area contributed by atoms with Gasteiger partial charge in [0.25, 0.3) is 0 Å². The second-order valence-corrected chi connectivity index (χ2v) is 10.2. The van der Waals surface area contributed by atoms with Gasteiger partial charge in [-0.1, -0.05) is 57.1 Å². The van der Waals surface area contributed by atoms with Crippen LogP contribution in [0.4, 0.5) is 0 Å². The predicted molar refractivity (Wildman–Crippen MR) is 115 cm³/mol. The zero-order chi connectivity index (χ0) is 19.0. The van der Waals surface area contributed by atoms with Gasteiger partial charge >= 0.3 is 0 Å². The van der Waals surface area contributed by atoms with Crippen molar-refractivity contribution >= 4 is 50.7 Å². The number of aromatic nitrogens is 4. The van der Waals surface area contributed by atoms with Gasteiger partial charge in [0, 0.05) is 17.1 Å². The lowest BCUT2D eigenvalue weighted by atomic mass is 9.96. The van der Waals surface area contributed by atoms with Crippen LogP contribution in [0.2, 0.25) is 0 Å². The fourth-order valence-electron chi connectivity index (χ4n) is 3.50. The average Bonchev–Trinajstić information content (AvgIpc) is 3.24. The lowest BCUT2D eigenvalue weighted by molar-refractivity contribution is 0.00203. The molecule has 3 aromatic rings. The third-order valence-electron chi connectivity index (χ3n) is 5.06. The van der Waals surface area contributed by atoms with Crippen molar-refractivity contribution in [2.75, 3.05) is 12.0 Å². The highest BCUT2D eigenvalue weighted by Crippen LogP contribution is 2.40. The molecule has 0 spiro atoms. The number of rotatable bonds is 7. The van der Waals surface area contributed by atoms with E-state index in [1.54, 1.807) is 34.9 Å². The van der Waals surface area contributed by atoms with Crippen LogP contribution in [0.3, 0.4) is 0 Å². The first-order chi connectivity index (χ1) is 13.1. The van der Waals surface area contributed by atoms with E-state index in [-0.39, 0.29) is 6.10 Å². The van der Waals surface area contributed by atoms with Gasteiger partial charge in [-0.25, -0.2) is 9.38 Å². The molecule has 0 radical (unpaired) electrons. The average molecular weight is 423 g/mol. The van der Waals surface area contributed by atoms with Crippen molar-refractivity contribution < 1.29 is 4.74 Å². The van der Waals surface area contributed by atoms with Crippen LogP contribution >= 0.6 is 34.9 Å². The van der Waals surface area contributed by atoms with E-state index < -0.39 is 0 Å². The minimum atomic E-state index is 0.265. The van der Waals surface area contributed by atoms with Crippen LogP contribution in [0, 0.1) is 5.92 Å². The Bertz CT molecular complexity index is 950. The molecule has 0 aromatic carbocycles. The SMILES string of the molecule is CCCCCSc1nnc2c3c4c(sc3nc(SC)n12)COC(C(C)C)C4. The summed E-state index contributed by atoms with van der Waals surface area (Å²) in [6.07, 6.45) is 6.98. The number of nitrogens with zero attached hydrogens (tertiary/aromatic N) is 4. The molecule has 27 heavy (non-hydrogen) atoms. The van der Waals surface area contributed by atoms with Gasteiger partial charge < -0.3 is 4.74 Å². The van der Waals surface area contributed by atoms with Gasteiger partial charge in [0.2, 0.25) is 0 Å². The van der Waals surface area contributed by atoms with Gasteiger partial charge in [-0.05, 0) is 24.2 Å². The topological polar surface area (TPSA) is 52.3 Å². The second kappa shape index (κ2) is 8.27. The molecule has 4 rings (SSSR count). The number of unbranched alkanes of at least 4 members (excludes halogenated alkanes) is 2. The molecule has 3 aromatic heterocycles. The van der Waals surface area contributed by atoms with Gasteiger partial charge in [-0.2, -0.15) is 0 Å². The van der Waals surface area contributed by atoms with Crippen molar-refractivity contribution in [2.24, 2.45) is 5.92 Å². The summed E-state index contributed by atoms with van der Waals surface area (Å²) in [7, 11) is 0. The molecule has 1 aliphatic rings. The minimum absolute atomic E-state index is 0.265. The third-order valence-corrected chi connectivity index (χ3v) is 7.81. The van der Waals surface area contributed by atoms with Crippen molar-refractivity contribution in [3.8, 4) is 0 Å². The molecule has 0 aliphatic carbocycles.